The van der Waals surface area contributed by atoms with E-state index in [-0.39, 0.29) is 11.7 Å². The van der Waals surface area contributed by atoms with Crippen LogP contribution in [0.1, 0.15) is 38.2 Å². The Morgan fingerprint density at radius 1 is 1.14 bits per heavy atom. The molecule has 0 aliphatic carbocycles. The third-order valence-corrected chi connectivity index (χ3v) is 5.29. The molecule has 7 heteroatoms. The Balaban J connectivity index is 1.79. The molecule has 0 aliphatic rings. The quantitative estimate of drug-likeness (QED) is 0.206. The summed E-state index contributed by atoms with van der Waals surface area (Å²) in [4.78, 5) is 12.9. The van der Waals surface area contributed by atoms with Gasteiger partial charge in [0.25, 0.3) is 0 Å². The van der Waals surface area contributed by atoms with Crippen LogP contribution in [0.5, 0.6) is 11.5 Å². The number of hydrogen-bond donors (Lipinski definition) is 1. The zero-order valence-corrected chi connectivity index (χ0v) is 18.4. The molecule has 0 aliphatic heterocycles. The van der Waals surface area contributed by atoms with Gasteiger partial charge in [0.2, 0.25) is 5.91 Å². The number of carbonyl (C=O) groups excluding carboxylic acids is 1. The van der Waals surface area contributed by atoms with E-state index in [4.69, 9.17) is 21.1 Å². The van der Waals surface area contributed by atoms with E-state index in [2.05, 4.69) is 17.5 Å². The number of rotatable bonds is 12. The standard InChI is InChI=1S/C22H27ClN2O3S/c1-3-4-5-6-13-28-20-12-7-17(14-21(20)27-2)15-24-25-22(26)16-29-19-10-8-18(23)9-11-19/h7-12,14-15H,3-6,13,16H2,1-2H3,(H,25,26)/b24-15+. The number of thioether (sulfide) groups is 1. The fourth-order valence-corrected chi connectivity index (χ4v) is 3.30. The normalized spacial score (nSPS) is 10.9. The van der Waals surface area contributed by atoms with Gasteiger partial charge in [0.1, 0.15) is 0 Å². The van der Waals surface area contributed by atoms with Crippen molar-refractivity contribution in [1.82, 2.24) is 5.43 Å². The average Bonchev–Trinajstić information content (AvgIpc) is 2.73. The summed E-state index contributed by atoms with van der Waals surface area (Å²) >= 11 is 7.27. The van der Waals surface area contributed by atoms with Crippen LogP contribution in [-0.2, 0) is 4.79 Å². The predicted octanol–water partition coefficient (Wildman–Crippen LogP) is 5.55. The lowest BCUT2D eigenvalue weighted by Crippen LogP contribution is -2.19. The maximum absolute atomic E-state index is 11.9. The highest BCUT2D eigenvalue weighted by Crippen LogP contribution is 2.27. The summed E-state index contributed by atoms with van der Waals surface area (Å²) in [5, 5.41) is 4.69. The second-order valence-electron chi connectivity index (χ2n) is 6.36. The lowest BCUT2D eigenvalue weighted by molar-refractivity contribution is -0.118. The highest BCUT2D eigenvalue weighted by Gasteiger charge is 2.06. The fraction of sp³-hybridized carbons (Fsp3) is 0.364. The molecule has 1 amide bonds. The molecule has 2 rings (SSSR count). The molecule has 5 nitrogen and oxygen atoms in total. The molecule has 156 valence electrons. The second-order valence-corrected chi connectivity index (χ2v) is 7.84. The molecular formula is C22H27ClN2O3S. The van der Waals surface area contributed by atoms with Crippen molar-refractivity contribution in [1.29, 1.82) is 0 Å². The number of hydrazone groups is 1. The summed E-state index contributed by atoms with van der Waals surface area (Å²) in [5.74, 6) is 1.45. The van der Waals surface area contributed by atoms with Crippen LogP contribution in [0.2, 0.25) is 5.02 Å². The highest BCUT2D eigenvalue weighted by molar-refractivity contribution is 8.00. The summed E-state index contributed by atoms with van der Waals surface area (Å²) in [6, 6.07) is 12.9. The molecular weight excluding hydrogens is 408 g/mol. The monoisotopic (exact) mass is 434 g/mol. The minimum absolute atomic E-state index is 0.180. The third-order valence-electron chi connectivity index (χ3n) is 4.03. The van der Waals surface area contributed by atoms with Gasteiger partial charge in [0, 0.05) is 9.92 Å². The first-order valence-electron chi connectivity index (χ1n) is 9.63. The van der Waals surface area contributed by atoms with Crippen LogP contribution in [0, 0.1) is 0 Å². The number of amides is 1. The molecule has 2 aromatic carbocycles. The number of unbranched alkanes of at least 4 members (excludes halogenated alkanes) is 3. The van der Waals surface area contributed by atoms with Gasteiger partial charge in [-0.1, -0.05) is 37.8 Å². The van der Waals surface area contributed by atoms with Crippen molar-refractivity contribution in [3.05, 3.63) is 53.1 Å². The number of hydrogen-bond acceptors (Lipinski definition) is 5. The van der Waals surface area contributed by atoms with Gasteiger partial charge in [-0.25, -0.2) is 5.43 Å². The van der Waals surface area contributed by atoms with Gasteiger partial charge in [0.15, 0.2) is 11.5 Å². The van der Waals surface area contributed by atoms with E-state index in [9.17, 15) is 4.79 Å². The zero-order valence-electron chi connectivity index (χ0n) is 16.8. The van der Waals surface area contributed by atoms with Crippen molar-refractivity contribution in [2.24, 2.45) is 5.10 Å². The molecule has 0 saturated heterocycles. The first kappa shape index (κ1) is 23.1. The Bertz CT molecular complexity index is 797. The SMILES string of the molecule is CCCCCCOc1ccc(/C=N/NC(=O)CSc2ccc(Cl)cc2)cc1OC. The summed E-state index contributed by atoms with van der Waals surface area (Å²) in [7, 11) is 1.61. The van der Waals surface area contributed by atoms with E-state index in [1.165, 1.54) is 31.0 Å². The van der Waals surface area contributed by atoms with Crippen molar-refractivity contribution < 1.29 is 14.3 Å². The highest BCUT2D eigenvalue weighted by atomic mass is 35.5. The fourth-order valence-electron chi connectivity index (χ4n) is 2.49. The number of methoxy groups -OCH3 is 1. The van der Waals surface area contributed by atoms with Crippen molar-refractivity contribution in [2.45, 2.75) is 37.5 Å². The third kappa shape index (κ3) is 8.79. The first-order chi connectivity index (χ1) is 14.1. The van der Waals surface area contributed by atoms with E-state index >= 15 is 0 Å². The minimum atomic E-state index is -0.180. The molecule has 0 radical (unpaired) electrons. The summed E-state index contributed by atoms with van der Waals surface area (Å²) in [5.41, 5.74) is 3.34. The molecule has 1 N–H and O–H groups in total. The summed E-state index contributed by atoms with van der Waals surface area (Å²) in [6.07, 6.45) is 6.20. The zero-order chi connectivity index (χ0) is 20.9. The smallest absolute Gasteiger partial charge is 0.250 e. The van der Waals surface area contributed by atoms with Crippen molar-refractivity contribution in [3.8, 4) is 11.5 Å². The van der Waals surface area contributed by atoms with Crippen molar-refractivity contribution in [3.63, 3.8) is 0 Å². The van der Waals surface area contributed by atoms with Gasteiger partial charge in [-0.05, 0) is 54.4 Å². The molecule has 0 bridgehead atoms. The summed E-state index contributed by atoms with van der Waals surface area (Å²) < 4.78 is 11.2. The Morgan fingerprint density at radius 2 is 1.93 bits per heavy atom. The van der Waals surface area contributed by atoms with E-state index < -0.39 is 0 Å². The predicted molar refractivity (Wildman–Crippen MR) is 121 cm³/mol. The molecule has 0 atom stereocenters. The van der Waals surface area contributed by atoms with Gasteiger partial charge in [-0.15, -0.1) is 11.8 Å². The van der Waals surface area contributed by atoms with E-state index in [0.717, 1.165) is 16.9 Å². The Hall–Kier alpha value is -2.18. The van der Waals surface area contributed by atoms with Crippen LogP contribution in [0.4, 0.5) is 0 Å². The molecule has 29 heavy (non-hydrogen) atoms. The van der Waals surface area contributed by atoms with Crippen LogP contribution < -0.4 is 14.9 Å². The number of halogens is 1. The number of ether oxygens (including phenoxy) is 2. The van der Waals surface area contributed by atoms with Crippen LogP contribution in [0.25, 0.3) is 0 Å². The molecule has 0 heterocycles. The lowest BCUT2D eigenvalue weighted by Gasteiger charge is -2.11. The Morgan fingerprint density at radius 3 is 2.66 bits per heavy atom. The average molecular weight is 435 g/mol. The minimum Gasteiger partial charge on any atom is -0.493 e. The van der Waals surface area contributed by atoms with Crippen LogP contribution in [-0.4, -0.2) is 31.6 Å². The summed E-state index contributed by atoms with van der Waals surface area (Å²) in [6.45, 7) is 2.86. The van der Waals surface area contributed by atoms with Gasteiger partial charge >= 0.3 is 0 Å². The van der Waals surface area contributed by atoms with E-state index in [0.29, 0.717) is 23.1 Å². The Labute approximate surface area is 181 Å². The van der Waals surface area contributed by atoms with E-state index in [1.807, 2.05) is 30.3 Å². The molecule has 2 aromatic rings. The molecule has 0 saturated carbocycles. The number of nitrogens with zero attached hydrogens (tertiary/aromatic N) is 1. The molecule has 0 unspecified atom stereocenters. The molecule has 0 fully saturated rings. The van der Waals surface area contributed by atoms with Crippen LogP contribution >= 0.6 is 23.4 Å². The lowest BCUT2D eigenvalue weighted by atomic mass is 10.2. The number of benzene rings is 2. The second kappa shape index (κ2) is 13.1. The number of carbonyl (C=O) groups is 1. The number of nitrogens with one attached hydrogen (secondary N) is 1. The van der Waals surface area contributed by atoms with Crippen LogP contribution in [0.15, 0.2) is 52.5 Å². The first-order valence-corrected chi connectivity index (χ1v) is 11.0. The van der Waals surface area contributed by atoms with E-state index in [1.54, 1.807) is 25.5 Å². The van der Waals surface area contributed by atoms with Gasteiger partial charge < -0.3 is 9.47 Å². The van der Waals surface area contributed by atoms with Gasteiger partial charge in [-0.2, -0.15) is 5.10 Å². The largest absolute Gasteiger partial charge is 0.493 e. The maximum Gasteiger partial charge on any atom is 0.250 e. The topological polar surface area (TPSA) is 59.9 Å². The van der Waals surface area contributed by atoms with Gasteiger partial charge in [-0.3, -0.25) is 4.79 Å². The maximum atomic E-state index is 11.9. The van der Waals surface area contributed by atoms with Crippen molar-refractivity contribution in [2.75, 3.05) is 19.5 Å². The van der Waals surface area contributed by atoms with Crippen LogP contribution in [0.3, 0.4) is 0 Å². The van der Waals surface area contributed by atoms with Gasteiger partial charge in [0.05, 0.1) is 25.7 Å². The van der Waals surface area contributed by atoms with Crippen molar-refractivity contribution >= 4 is 35.5 Å². The Kier molecular flexibility index (Phi) is 10.5. The molecule has 0 aromatic heterocycles. The molecule has 0 spiro atoms.